The molecule has 0 bridgehead atoms. The van der Waals surface area contributed by atoms with Gasteiger partial charge >= 0.3 is 6.18 Å². The summed E-state index contributed by atoms with van der Waals surface area (Å²) < 4.78 is 39.7. The third kappa shape index (κ3) is 8.19. The molecule has 0 rings (SSSR count). The lowest BCUT2D eigenvalue weighted by atomic mass is 10.1. The van der Waals surface area contributed by atoms with Crippen molar-refractivity contribution in [2.24, 2.45) is 0 Å². The number of halogens is 3. The minimum atomic E-state index is -4.45. The molecule has 0 radical (unpaired) electrons. The topological polar surface area (TPSA) is 47.6 Å². The largest absolute Gasteiger partial charge is 0.414 e. The fourth-order valence-electron chi connectivity index (χ4n) is 0.693. The first-order valence-corrected chi connectivity index (χ1v) is 4.19. The van der Waals surface area contributed by atoms with Crippen LogP contribution in [-0.2, 0) is 14.4 Å². The summed E-state index contributed by atoms with van der Waals surface area (Å²) in [7, 11) is 1.41. The van der Waals surface area contributed by atoms with Crippen molar-refractivity contribution in [1.29, 1.82) is 0 Å². The molecule has 0 aliphatic heterocycles. The normalized spacial score (nSPS) is 12.7. The van der Waals surface area contributed by atoms with Gasteiger partial charge in [-0.2, -0.15) is 13.2 Å². The summed E-state index contributed by atoms with van der Waals surface area (Å²) >= 11 is 0. The van der Waals surface area contributed by atoms with E-state index in [4.69, 9.17) is 4.74 Å². The molecule has 0 aromatic rings. The van der Waals surface area contributed by atoms with Gasteiger partial charge < -0.3 is 4.74 Å². The van der Waals surface area contributed by atoms with Crippen molar-refractivity contribution in [3.63, 3.8) is 0 Å². The molecule has 0 aromatic carbocycles. The summed E-state index contributed by atoms with van der Waals surface area (Å²) in [6, 6.07) is 0. The van der Waals surface area contributed by atoms with Gasteiger partial charge in [0.15, 0.2) is 6.61 Å². The minimum absolute atomic E-state index is 0.0820. The zero-order valence-electron chi connectivity index (χ0n) is 8.77. The summed E-state index contributed by atoms with van der Waals surface area (Å²) in [5.74, 6) is -0.661. The summed E-state index contributed by atoms with van der Waals surface area (Å²) in [5.41, 5.74) is 0.960. The van der Waals surface area contributed by atoms with Gasteiger partial charge in [0.1, 0.15) is 0 Å². The number of rotatable bonds is 5. The van der Waals surface area contributed by atoms with Crippen molar-refractivity contribution in [3.8, 4) is 0 Å². The number of ether oxygens (including phenoxy) is 1. The SMILES string of the molecule is COC(C)(C)CC(=O)NOCC(F)(F)F. The van der Waals surface area contributed by atoms with E-state index >= 15 is 0 Å². The van der Waals surface area contributed by atoms with Gasteiger partial charge in [-0.1, -0.05) is 0 Å². The zero-order chi connectivity index (χ0) is 12.1. The second-order valence-electron chi connectivity index (χ2n) is 3.57. The molecule has 0 unspecified atom stereocenters. The average molecular weight is 229 g/mol. The maximum atomic E-state index is 11.6. The predicted molar refractivity (Wildman–Crippen MR) is 45.9 cm³/mol. The molecule has 15 heavy (non-hydrogen) atoms. The molecular weight excluding hydrogens is 215 g/mol. The monoisotopic (exact) mass is 229 g/mol. The van der Waals surface area contributed by atoms with Gasteiger partial charge in [-0.3, -0.25) is 9.63 Å². The Morgan fingerprint density at radius 2 is 1.87 bits per heavy atom. The number of hydroxylamine groups is 1. The van der Waals surface area contributed by atoms with Crippen LogP contribution in [0.2, 0.25) is 0 Å². The number of methoxy groups -OCH3 is 1. The molecule has 0 aliphatic carbocycles. The van der Waals surface area contributed by atoms with Crippen LogP contribution in [0.5, 0.6) is 0 Å². The van der Waals surface area contributed by atoms with E-state index in [1.807, 2.05) is 0 Å². The van der Waals surface area contributed by atoms with E-state index < -0.39 is 24.3 Å². The Morgan fingerprint density at radius 3 is 2.27 bits per heavy atom. The number of nitrogens with one attached hydrogen (secondary N) is 1. The van der Waals surface area contributed by atoms with Crippen LogP contribution in [0.1, 0.15) is 20.3 Å². The molecule has 0 saturated heterocycles. The molecule has 7 heteroatoms. The summed E-state index contributed by atoms with van der Waals surface area (Å²) in [6.07, 6.45) is -4.54. The maximum Gasteiger partial charge on any atom is 0.414 e. The van der Waals surface area contributed by atoms with Crippen LogP contribution >= 0.6 is 0 Å². The molecular formula is C8H14F3NO3. The Balaban J connectivity index is 3.77. The van der Waals surface area contributed by atoms with E-state index in [0.29, 0.717) is 0 Å². The fourth-order valence-corrected chi connectivity index (χ4v) is 0.693. The minimum Gasteiger partial charge on any atom is -0.378 e. The van der Waals surface area contributed by atoms with Crippen molar-refractivity contribution >= 4 is 5.91 Å². The first-order valence-electron chi connectivity index (χ1n) is 4.19. The molecule has 1 N–H and O–H groups in total. The summed E-state index contributed by atoms with van der Waals surface area (Å²) in [6.45, 7) is 1.76. The third-order valence-corrected chi connectivity index (χ3v) is 1.56. The zero-order valence-corrected chi connectivity index (χ0v) is 8.77. The molecule has 0 fully saturated rings. The van der Waals surface area contributed by atoms with Gasteiger partial charge in [0.05, 0.1) is 12.0 Å². The van der Waals surface area contributed by atoms with Gasteiger partial charge in [0.2, 0.25) is 5.91 Å². The van der Waals surface area contributed by atoms with Crippen LogP contribution in [0.3, 0.4) is 0 Å². The maximum absolute atomic E-state index is 11.6. The smallest absolute Gasteiger partial charge is 0.378 e. The molecule has 0 atom stereocenters. The van der Waals surface area contributed by atoms with E-state index in [-0.39, 0.29) is 6.42 Å². The second-order valence-corrected chi connectivity index (χ2v) is 3.57. The van der Waals surface area contributed by atoms with Crippen LogP contribution in [-0.4, -0.2) is 31.4 Å². The van der Waals surface area contributed by atoms with Gasteiger partial charge in [0.25, 0.3) is 0 Å². The molecule has 0 heterocycles. The number of carbonyl (C=O) groups is 1. The lowest BCUT2D eigenvalue weighted by molar-refractivity contribution is -0.192. The highest BCUT2D eigenvalue weighted by molar-refractivity contribution is 5.75. The first kappa shape index (κ1) is 14.2. The lowest BCUT2D eigenvalue weighted by Crippen LogP contribution is -2.35. The van der Waals surface area contributed by atoms with E-state index in [1.54, 1.807) is 19.3 Å². The van der Waals surface area contributed by atoms with Crippen molar-refractivity contribution in [3.05, 3.63) is 0 Å². The number of alkyl halides is 3. The predicted octanol–water partition coefficient (Wildman–Crippen LogP) is 1.41. The standard InChI is InChI=1S/C8H14F3NO3/c1-7(2,14-3)4-6(13)12-15-5-8(9,10)11/h4-5H2,1-3H3,(H,12,13). The Kier molecular flexibility index (Phi) is 5.02. The summed E-state index contributed by atoms with van der Waals surface area (Å²) in [5, 5.41) is 0. The highest BCUT2D eigenvalue weighted by atomic mass is 19.4. The Morgan fingerprint density at radius 1 is 1.33 bits per heavy atom. The van der Waals surface area contributed by atoms with E-state index in [9.17, 15) is 18.0 Å². The molecule has 1 amide bonds. The third-order valence-electron chi connectivity index (χ3n) is 1.56. The fraction of sp³-hybridized carbons (Fsp3) is 0.875. The van der Waals surface area contributed by atoms with Crippen LogP contribution in [0.25, 0.3) is 0 Å². The van der Waals surface area contributed by atoms with Gasteiger partial charge in [-0.05, 0) is 13.8 Å². The van der Waals surface area contributed by atoms with Crippen molar-refractivity contribution in [1.82, 2.24) is 5.48 Å². The van der Waals surface area contributed by atoms with Gasteiger partial charge in [-0.25, -0.2) is 5.48 Å². The Bertz CT molecular complexity index is 216. The van der Waals surface area contributed by atoms with E-state index in [0.717, 1.165) is 0 Å². The average Bonchev–Trinajstić information content (AvgIpc) is 2.00. The second kappa shape index (κ2) is 5.32. The molecule has 4 nitrogen and oxygen atoms in total. The highest BCUT2D eigenvalue weighted by Gasteiger charge is 2.29. The highest BCUT2D eigenvalue weighted by Crippen LogP contribution is 2.14. The number of carbonyl (C=O) groups excluding carboxylic acids is 1. The van der Waals surface area contributed by atoms with Gasteiger partial charge in [-0.15, -0.1) is 0 Å². The number of hydrogen-bond donors (Lipinski definition) is 1. The van der Waals surface area contributed by atoms with Crippen molar-refractivity contribution in [2.45, 2.75) is 32.0 Å². The Labute approximate surface area is 85.7 Å². The van der Waals surface area contributed by atoms with Crippen LogP contribution in [0.15, 0.2) is 0 Å². The molecule has 0 saturated carbocycles. The molecule has 0 spiro atoms. The lowest BCUT2D eigenvalue weighted by Gasteiger charge is -2.21. The van der Waals surface area contributed by atoms with Gasteiger partial charge in [0, 0.05) is 7.11 Å². The quantitative estimate of drug-likeness (QED) is 0.725. The van der Waals surface area contributed by atoms with Crippen LogP contribution in [0.4, 0.5) is 13.2 Å². The van der Waals surface area contributed by atoms with Crippen LogP contribution < -0.4 is 5.48 Å². The molecule has 90 valence electrons. The number of hydrogen-bond acceptors (Lipinski definition) is 3. The Hall–Kier alpha value is -0.820. The van der Waals surface area contributed by atoms with E-state index in [2.05, 4.69) is 4.84 Å². The van der Waals surface area contributed by atoms with Crippen molar-refractivity contribution < 1.29 is 27.5 Å². The summed E-state index contributed by atoms with van der Waals surface area (Å²) in [4.78, 5) is 15.0. The first-order chi connectivity index (χ1) is 6.66. The van der Waals surface area contributed by atoms with Crippen molar-refractivity contribution in [2.75, 3.05) is 13.7 Å². The molecule has 0 aliphatic rings. The van der Waals surface area contributed by atoms with E-state index in [1.165, 1.54) is 7.11 Å². The number of amides is 1. The van der Waals surface area contributed by atoms with Crippen LogP contribution in [0, 0.1) is 0 Å². The molecule has 0 aromatic heterocycles.